The first kappa shape index (κ1) is 20.7. The number of nitrogens with one attached hydrogen (secondary N) is 1. The van der Waals surface area contributed by atoms with Crippen LogP contribution in [0.4, 0.5) is 13.2 Å². The van der Waals surface area contributed by atoms with Crippen LogP contribution in [0.2, 0.25) is 5.02 Å². The molecule has 3 nitrogen and oxygen atoms in total. The largest absolute Gasteiger partial charge is 0.435 e. The summed E-state index contributed by atoms with van der Waals surface area (Å²) in [4.78, 5) is 12.6. The Labute approximate surface area is 171 Å². The summed E-state index contributed by atoms with van der Waals surface area (Å²) in [6.07, 6.45) is -0.235. The van der Waals surface area contributed by atoms with E-state index in [0.717, 1.165) is 5.56 Å². The maximum atomic E-state index is 14.0. The average Bonchev–Trinajstić information content (AvgIpc) is 2.70. The third kappa shape index (κ3) is 5.51. The molecule has 0 fully saturated rings. The highest BCUT2D eigenvalue weighted by Gasteiger charge is 2.19. The third-order valence-electron chi connectivity index (χ3n) is 4.28. The van der Waals surface area contributed by atoms with Crippen molar-refractivity contribution in [1.82, 2.24) is 5.32 Å². The molecule has 0 saturated carbocycles. The first-order valence-electron chi connectivity index (χ1n) is 8.76. The van der Waals surface area contributed by atoms with Crippen molar-refractivity contribution >= 4 is 17.5 Å². The highest BCUT2D eigenvalue weighted by atomic mass is 35.5. The summed E-state index contributed by atoms with van der Waals surface area (Å²) in [7, 11) is 0. The molecule has 0 aliphatic carbocycles. The van der Waals surface area contributed by atoms with Crippen molar-refractivity contribution in [3.8, 4) is 5.75 Å². The quantitative estimate of drug-likeness (QED) is 0.547. The number of ether oxygens (including phenoxy) is 1. The lowest BCUT2D eigenvalue weighted by molar-refractivity contribution is -0.121. The predicted molar refractivity (Wildman–Crippen MR) is 105 cm³/mol. The minimum Gasteiger partial charge on any atom is -0.435 e. The molecular weight excluding hydrogens is 403 g/mol. The van der Waals surface area contributed by atoms with Crippen molar-refractivity contribution < 1.29 is 22.7 Å². The highest BCUT2D eigenvalue weighted by molar-refractivity contribution is 6.31. The summed E-state index contributed by atoms with van der Waals surface area (Å²) in [5, 5.41) is 3.03. The SMILES string of the molecule is O=C(Cc1c(F)cccc1Cl)N[C@H](c1ccccc1)c1ccc(OC(F)F)cc1. The number of hydrogen-bond acceptors (Lipinski definition) is 2. The molecule has 3 aromatic carbocycles. The van der Waals surface area contributed by atoms with Crippen molar-refractivity contribution in [1.29, 1.82) is 0 Å². The number of carbonyl (C=O) groups is 1. The lowest BCUT2D eigenvalue weighted by atomic mass is 9.98. The predicted octanol–water partition coefficient (Wildman–Crippen LogP) is 5.53. The molecule has 150 valence electrons. The van der Waals surface area contributed by atoms with Crippen LogP contribution in [0.3, 0.4) is 0 Å². The Bertz CT molecular complexity index is 945. The Hall–Kier alpha value is -2.99. The molecule has 0 unspecified atom stereocenters. The van der Waals surface area contributed by atoms with Gasteiger partial charge in [-0.1, -0.05) is 60.1 Å². The minimum absolute atomic E-state index is 0.0139. The molecule has 0 spiro atoms. The zero-order valence-corrected chi connectivity index (χ0v) is 15.9. The van der Waals surface area contributed by atoms with Crippen molar-refractivity contribution in [2.24, 2.45) is 0 Å². The van der Waals surface area contributed by atoms with Crippen LogP contribution in [0.15, 0.2) is 72.8 Å². The van der Waals surface area contributed by atoms with Crippen LogP contribution in [0.25, 0.3) is 0 Å². The molecule has 7 heteroatoms. The van der Waals surface area contributed by atoms with Gasteiger partial charge in [0.05, 0.1) is 12.5 Å². The van der Waals surface area contributed by atoms with Gasteiger partial charge in [0, 0.05) is 10.6 Å². The Kier molecular flexibility index (Phi) is 6.77. The molecular formula is C22H17ClF3NO2. The number of carbonyl (C=O) groups excluding carboxylic acids is 1. The number of benzene rings is 3. The van der Waals surface area contributed by atoms with Crippen LogP contribution in [0.5, 0.6) is 5.75 Å². The molecule has 1 amide bonds. The van der Waals surface area contributed by atoms with Gasteiger partial charge in [0.15, 0.2) is 0 Å². The average molecular weight is 420 g/mol. The van der Waals surface area contributed by atoms with Crippen molar-refractivity contribution in [3.63, 3.8) is 0 Å². The van der Waals surface area contributed by atoms with Gasteiger partial charge in [-0.15, -0.1) is 0 Å². The zero-order chi connectivity index (χ0) is 20.8. The first-order valence-corrected chi connectivity index (χ1v) is 9.14. The molecule has 3 rings (SSSR count). The molecule has 0 heterocycles. The van der Waals surface area contributed by atoms with E-state index in [1.165, 1.54) is 30.3 Å². The van der Waals surface area contributed by atoms with Crippen LogP contribution in [0, 0.1) is 5.82 Å². The standard InChI is InChI=1S/C22H17ClF3NO2/c23-18-7-4-8-19(24)17(18)13-20(28)27-21(14-5-2-1-3-6-14)15-9-11-16(12-10-15)29-22(25)26/h1-12,21-22H,13H2,(H,27,28)/t21-/m1/s1. The van der Waals surface area contributed by atoms with Crippen LogP contribution < -0.4 is 10.1 Å². The van der Waals surface area contributed by atoms with E-state index in [2.05, 4.69) is 10.1 Å². The molecule has 3 aromatic rings. The molecule has 0 aromatic heterocycles. The minimum atomic E-state index is -2.92. The van der Waals surface area contributed by atoms with Gasteiger partial charge in [-0.2, -0.15) is 8.78 Å². The van der Waals surface area contributed by atoms with Crippen LogP contribution in [-0.2, 0) is 11.2 Å². The van der Waals surface area contributed by atoms with Crippen molar-refractivity contribution in [2.75, 3.05) is 0 Å². The monoisotopic (exact) mass is 419 g/mol. The fourth-order valence-corrected chi connectivity index (χ4v) is 3.15. The van der Waals surface area contributed by atoms with Crippen LogP contribution >= 0.6 is 11.6 Å². The van der Waals surface area contributed by atoms with E-state index in [-0.39, 0.29) is 22.8 Å². The van der Waals surface area contributed by atoms with Gasteiger partial charge >= 0.3 is 6.61 Å². The number of hydrogen-bond donors (Lipinski definition) is 1. The maximum absolute atomic E-state index is 14.0. The van der Waals surface area contributed by atoms with E-state index in [9.17, 15) is 18.0 Å². The van der Waals surface area contributed by atoms with E-state index in [1.54, 1.807) is 12.1 Å². The van der Waals surface area contributed by atoms with E-state index < -0.39 is 24.4 Å². The Morgan fingerprint density at radius 3 is 2.21 bits per heavy atom. The summed E-state index contributed by atoms with van der Waals surface area (Å²) in [5.74, 6) is -0.976. The fraction of sp³-hybridized carbons (Fsp3) is 0.136. The molecule has 0 saturated heterocycles. The smallest absolute Gasteiger partial charge is 0.387 e. The van der Waals surface area contributed by atoms with Crippen molar-refractivity contribution in [3.05, 3.63) is 100 Å². The van der Waals surface area contributed by atoms with Crippen molar-refractivity contribution in [2.45, 2.75) is 19.1 Å². The summed E-state index contributed by atoms with van der Waals surface area (Å²) in [6.45, 7) is -2.92. The number of halogens is 4. The first-order chi connectivity index (χ1) is 13.9. The molecule has 0 bridgehead atoms. The number of rotatable bonds is 7. The van der Waals surface area contributed by atoms with Crippen LogP contribution in [0.1, 0.15) is 22.7 Å². The summed E-state index contributed by atoms with van der Waals surface area (Å²) >= 11 is 6.01. The summed E-state index contributed by atoms with van der Waals surface area (Å²) < 4.78 is 43.1. The van der Waals surface area contributed by atoms with E-state index in [4.69, 9.17) is 11.6 Å². The van der Waals surface area contributed by atoms with Gasteiger partial charge in [0.2, 0.25) is 5.91 Å². The Morgan fingerprint density at radius 1 is 0.931 bits per heavy atom. The molecule has 0 aliphatic rings. The molecule has 29 heavy (non-hydrogen) atoms. The second-order valence-corrected chi connectivity index (χ2v) is 6.64. The maximum Gasteiger partial charge on any atom is 0.387 e. The molecule has 0 aliphatic heterocycles. The number of alkyl halides is 2. The molecule has 1 atom stereocenters. The Morgan fingerprint density at radius 2 is 1.59 bits per heavy atom. The second-order valence-electron chi connectivity index (χ2n) is 6.24. The van der Waals surface area contributed by atoms with E-state index in [0.29, 0.717) is 5.56 Å². The fourth-order valence-electron chi connectivity index (χ4n) is 2.92. The summed E-state index contributed by atoms with van der Waals surface area (Å²) in [6, 6.07) is 18.8. The summed E-state index contributed by atoms with van der Waals surface area (Å²) in [5.41, 5.74) is 1.55. The van der Waals surface area contributed by atoms with Crippen LogP contribution in [-0.4, -0.2) is 12.5 Å². The lowest BCUT2D eigenvalue weighted by Gasteiger charge is -2.20. The van der Waals surface area contributed by atoms with E-state index >= 15 is 0 Å². The normalized spacial score (nSPS) is 11.9. The van der Waals surface area contributed by atoms with Gasteiger partial charge in [0.1, 0.15) is 11.6 Å². The van der Waals surface area contributed by atoms with Gasteiger partial charge < -0.3 is 10.1 Å². The highest BCUT2D eigenvalue weighted by Crippen LogP contribution is 2.26. The topological polar surface area (TPSA) is 38.3 Å². The van der Waals surface area contributed by atoms with E-state index in [1.807, 2.05) is 30.3 Å². The lowest BCUT2D eigenvalue weighted by Crippen LogP contribution is -2.31. The van der Waals surface area contributed by atoms with Gasteiger partial charge in [-0.3, -0.25) is 4.79 Å². The number of amides is 1. The Balaban J connectivity index is 1.84. The second kappa shape index (κ2) is 9.47. The van der Waals surface area contributed by atoms with Gasteiger partial charge in [-0.25, -0.2) is 4.39 Å². The third-order valence-corrected chi connectivity index (χ3v) is 4.63. The van der Waals surface area contributed by atoms with Gasteiger partial charge in [-0.05, 0) is 35.4 Å². The molecule has 1 N–H and O–H groups in total. The zero-order valence-electron chi connectivity index (χ0n) is 15.1. The van der Waals surface area contributed by atoms with Gasteiger partial charge in [0.25, 0.3) is 0 Å². The molecule has 0 radical (unpaired) electrons.